The Morgan fingerprint density at radius 1 is 1.44 bits per heavy atom. The summed E-state index contributed by atoms with van der Waals surface area (Å²) in [6.45, 7) is 4.16. The van der Waals surface area contributed by atoms with Crippen molar-refractivity contribution in [2.24, 2.45) is 0 Å². The van der Waals surface area contributed by atoms with Gasteiger partial charge in [0.15, 0.2) is 0 Å². The van der Waals surface area contributed by atoms with Gasteiger partial charge in [-0.2, -0.15) is 0 Å². The van der Waals surface area contributed by atoms with Crippen molar-refractivity contribution < 1.29 is 4.79 Å². The molecule has 1 saturated heterocycles. The van der Waals surface area contributed by atoms with Gasteiger partial charge in [-0.3, -0.25) is 10.1 Å². The molecule has 0 bridgehead atoms. The standard InChI is InChI=1S/C14H19N3O/c1-9-4-3-5-11-12(9)16-14(18)13(11)15-10-6-7-17(2)8-10/h3-5,10,13,15H,6-8H2,1-2H3,(H,16,18). The van der Waals surface area contributed by atoms with E-state index in [1.165, 1.54) is 0 Å². The molecule has 2 unspecified atom stereocenters. The van der Waals surface area contributed by atoms with E-state index in [1.807, 2.05) is 25.1 Å². The molecule has 18 heavy (non-hydrogen) atoms. The first-order chi connectivity index (χ1) is 8.65. The Morgan fingerprint density at radius 2 is 2.28 bits per heavy atom. The Labute approximate surface area is 107 Å². The Morgan fingerprint density at radius 3 is 3.00 bits per heavy atom. The van der Waals surface area contributed by atoms with Gasteiger partial charge >= 0.3 is 0 Å². The van der Waals surface area contributed by atoms with Crippen LogP contribution in [0.2, 0.25) is 0 Å². The quantitative estimate of drug-likeness (QED) is 0.825. The molecule has 4 heteroatoms. The molecular formula is C14H19N3O. The average Bonchev–Trinajstić information content (AvgIpc) is 2.87. The molecule has 2 aliphatic rings. The van der Waals surface area contributed by atoms with Crippen LogP contribution in [0.5, 0.6) is 0 Å². The summed E-state index contributed by atoms with van der Waals surface area (Å²) in [4.78, 5) is 14.4. The predicted molar refractivity (Wildman–Crippen MR) is 71.6 cm³/mol. The van der Waals surface area contributed by atoms with Crippen molar-refractivity contribution in [3.05, 3.63) is 29.3 Å². The van der Waals surface area contributed by atoms with Crippen LogP contribution in [0.25, 0.3) is 0 Å². The van der Waals surface area contributed by atoms with Crippen LogP contribution in [0.15, 0.2) is 18.2 Å². The first-order valence-electron chi connectivity index (χ1n) is 6.50. The van der Waals surface area contributed by atoms with Crippen molar-refractivity contribution in [3.8, 4) is 0 Å². The molecule has 0 aromatic heterocycles. The van der Waals surface area contributed by atoms with Gasteiger partial charge in [-0.15, -0.1) is 0 Å². The highest BCUT2D eigenvalue weighted by Crippen LogP contribution is 2.33. The maximum Gasteiger partial charge on any atom is 0.246 e. The molecule has 2 aliphatic heterocycles. The van der Waals surface area contributed by atoms with E-state index in [2.05, 4.69) is 22.6 Å². The number of likely N-dealkylation sites (tertiary alicyclic amines) is 1. The second-order valence-corrected chi connectivity index (χ2v) is 5.38. The van der Waals surface area contributed by atoms with Crippen molar-refractivity contribution in [1.29, 1.82) is 0 Å². The van der Waals surface area contributed by atoms with E-state index in [9.17, 15) is 4.79 Å². The van der Waals surface area contributed by atoms with E-state index in [0.29, 0.717) is 6.04 Å². The third-order valence-electron chi connectivity index (χ3n) is 3.92. The average molecular weight is 245 g/mol. The van der Waals surface area contributed by atoms with Gasteiger partial charge in [0.25, 0.3) is 0 Å². The monoisotopic (exact) mass is 245 g/mol. The van der Waals surface area contributed by atoms with Gasteiger partial charge in [0.1, 0.15) is 6.04 Å². The number of anilines is 1. The van der Waals surface area contributed by atoms with Crippen molar-refractivity contribution in [3.63, 3.8) is 0 Å². The normalized spacial score (nSPS) is 27.3. The van der Waals surface area contributed by atoms with Crippen LogP contribution in [-0.4, -0.2) is 37.0 Å². The molecule has 1 amide bonds. The third-order valence-corrected chi connectivity index (χ3v) is 3.92. The summed E-state index contributed by atoms with van der Waals surface area (Å²) >= 11 is 0. The minimum Gasteiger partial charge on any atom is -0.324 e. The summed E-state index contributed by atoms with van der Waals surface area (Å²) in [6.07, 6.45) is 1.11. The minimum absolute atomic E-state index is 0.0776. The van der Waals surface area contributed by atoms with Gasteiger partial charge in [0.2, 0.25) is 5.91 Å². The lowest BCUT2D eigenvalue weighted by molar-refractivity contribution is -0.117. The highest BCUT2D eigenvalue weighted by atomic mass is 16.2. The van der Waals surface area contributed by atoms with Gasteiger partial charge in [-0.05, 0) is 32.5 Å². The van der Waals surface area contributed by atoms with E-state index in [-0.39, 0.29) is 11.9 Å². The first kappa shape index (κ1) is 11.7. The van der Waals surface area contributed by atoms with Crippen LogP contribution in [0.1, 0.15) is 23.6 Å². The van der Waals surface area contributed by atoms with Crippen molar-refractivity contribution in [2.75, 3.05) is 25.5 Å². The van der Waals surface area contributed by atoms with Gasteiger partial charge < -0.3 is 10.2 Å². The third kappa shape index (κ3) is 1.91. The van der Waals surface area contributed by atoms with Gasteiger partial charge in [-0.1, -0.05) is 18.2 Å². The fourth-order valence-corrected chi connectivity index (χ4v) is 2.91. The number of nitrogens with one attached hydrogen (secondary N) is 2. The number of fused-ring (bicyclic) bond motifs is 1. The number of rotatable bonds is 2. The molecule has 0 radical (unpaired) electrons. The molecule has 2 heterocycles. The SMILES string of the molecule is Cc1cccc2c1NC(=O)C2NC1CCN(C)C1. The largest absolute Gasteiger partial charge is 0.324 e. The van der Waals surface area contributed by atoms with Crippen LogP contribution in [-0.2, 0) is 4.79 Å². The molecule has 2 N–H and O–H groups in total. The van der Waals surface area contributed by atoms with Crippen molar-refractivity contribution in [1.82, 2.24) is 10.2 Å². The van der Waals surface area contributed by atoms with Crippen LogP contribution in [0.4, 0.5) is 5.69 Å². The molecule has 2 atom stereocenters. The van der Waals surface area contributed by atoms with Crippen molar-refractivity contribution >= 4 is 11.6 Å². The van der Waals surface area contributed by atoms with Gasteiger partial charge in [0, 0.05) is 23.8 Å². The van der Waals surface area contributed by atoms with Crippen LogP contribution < -0.4 is 10.6 Å². The fourth-order valence-electron chi connectivity index (χ4n) is 2.91. The number of benzene rings is 1. The van der Waals surface area contributed by atoms with E-state index < -0.39 is 0 Å². The fraction of sp³-hybridized carbons (Fsp3) is 0.500. The predicted octanol–water partition coefficient (Wildman–Crippen LogP) is 1.28. The molecule has 96 valence electrons. The lowest BCUT2D eigenvalue weighted by Gasteiger charge is -2.17. The summed E-state index contributed by atoms with van der Waals surface area (Å²) in [5.74, 6) is 0.0776. The molecule has 3 rings (SSSR count). The number of carbonyl (C=O) groups is 1. The van der Waals surface area contributed by atoms with Gasteiger partial charge in [0.05, 0.1) is 0 Å². The van der Waals surface area contributed by atoms with E-state index >= 15 is 0 Å². The molecule has 1 aromatic carbocycles. The Kier molecular flexibility index (Phi) is 2.84. The Hall–Kier alpha value is -1.39. The topological polar surface area (TPSA) is 44.4 Å². The zero-order valence-corrected chi connectivity index (χ0v) is 10.9. The lowest BCUT2D eigenvalue weighted by atomic mass is 10.0. The minimum atomic E-state index is -0.184. The smallest absolute Gasteiger partial charge is 0.246 e. The molecular weight excluding hydrogens is 226 g/mol. The number of amides is 1. The molecule has 4 nitrogen and oxygen atoms in total. The number of hydrogen-bond donors (Lipinski definition) is 2. The molecule has 1 fully saturated rings. The number of hydrogen-bond acceptors (Lipinski definition) is 3. The zero-order valence-electron chi connectivity index (χ0n) is 10.9. The Bertz CT molecular complexity index is 486. The van der Waals surface area contributed by atoms with E-state index in [0.717, 1.165) is 36.3 Å². The first-order valence-corrected chi connectivity index (χ1v) is 6.50. The number of nitrogens with zero attached hydrogens (tertiary/aromatic N) is 1. The Balaban J connectivity index is 1.82. The summed E-state index contributed by atoms with van der Waals surface area (Å²) in [7, 11) is 2.12. The lowest BCUT2D eigenvalue weighted by Crippen LogP contribution is -2.37. The number of aryl methyl sites for hydroxylation is 1. The summed E-state index contributed by atoms with van der Waals surface area (Å²) in [5.41, 5.74) is 3.22. The second kappa shape index (κ2) is 4.37. The number of carbonyl (C=O) groups excluding carboxylic acids is 1. The highest BCUT2D eigenvalue weighted by Gasteiger charge is 2.34. The second-order valence-electron chi connectivity index (χ2n) is 5.38. The number of para-hydroxylation sites is 1. The molecule has 1 aromatic rings. The number of likely N-dealkylation sites (N-methyl/N-ethyl adjacent to an activating group) is 1. The summed E-state index contributed by atoms with van der Waals surface area (Å²) in [6, 6.07) is 6.32. The highest BCUT2D eigenvalue weighted by molar-refractivity contribution is 6.03. The maximum absolute atomic E-state index is 12.1. The van der Waals surface area contributed by atoms with Crippen LogP contribution in [0.3, 0.4) is 0 Å². The molecule has 0 aliphatic carbocycles. The van der Waals surface area contributed by atoms with Gasteiger partial charge in [-0.25, -0.2) is 0 Å². The maximum atomic E-state index is 12.1. The molecule has 0 saturated carbocycles. The zero-order chi connectivity index (χ0) is 12.7. The summed E-state index contributed by atoms with van der Waals surface area (Å²) < 4.78 is 0. The van der Waals surface area contributed by atoms with Crippen LogP contribution in [0, 0.1) is 6.92 Å². The van der Waals surface area contributed by atoms with E-state index in [1.54, 1.807) is 0 Å². The van der Waals surface area contributed by atoms with E-state index in [4.69, 9.17) is 0 Å². The summed E-state index contributed by atoms with van der Waals surface area (Å²) in [5, 5.41) is 6.47. The molecule has 0 spiro atoms. The van der Waals surface area contributed by atoms with Crippen LogP contribution >= 0.6 is 0 Å². The van der Waals surface area contributed by atoms with Crippen molar-refractivity contribution in [2.45, 2.75) is 25.4 Å².